The normalized spacial score (nSPS) is 12.9. The molecule has 1 aromatic rings. The number of carbonyl (C=O) groups is 1. The molecule has 1 aromatic carbocycles. The van der Waals surface area contributed by atoms with E-state index >= 15 is 0 Å². The van der Waals surface area contributed by atoms with Gasteiger partial charge in [-0.1, -0.05) is 50.3 Å². The third kappa shape index (κ3) is 5.17. The zero-order chi connectivity index (χ0) is 15.0. The maximum atomic E-state index is 11.3. The summed E-state index contributed by atoms with van der Waals surface area (Å²) in [6.07, 6.45) is 3.06. The second-order valence-electron chi connectivity index (χ2n) is 5.60. The third-order valence-corrected chi connectivity index (χ3v) is 3.62. The molecule has 1 rings (SSSR count). The molecule has 0 aliphatic heterocycles. The van der Waals surface area contributed by atoms with Gasteiger partial charge in [0, 0.05) is 6.61 Å². The van der Waals surface area contributed by atoms with E-state index in [0.29, 0.717) is 19.6 Å². The summed E-state index contributed by atoms with van der Waals surface area (Å²) in [5, 5.41) is 9.29. The SMILES string of the molecule is C=CC(C)(C)[C@H](CCCOCc1ccccc1)C(=O)O. The van der Waals surface area contributed by atoms with Gasteiger partial charge in [-0.25, -0.2) is 0 Å². The van der Waals surface area contributed by atoms with Crippen LogP contribution in [0.25, 0.3) is 0 Å². The molecule has 110 valence electrons. The Bertz CT molecular complexity index is 423. The molecule has 3 heteroatoms. The summed E-state index contributed by atoms with van der Waals surface area (Å²) in [4.78, 5) is 11.3. The molecule has 0 radical (unpaired) electrons. The van der Waals surface area contributed by atoms with Gasteiger partial charge < -0.3 is 9.84 Å². The molecule has 0 aromatic heterocycles. The fraction of sp³-hybridized carbons (Fsp3) is 0.471. The van der Waals surface area contributed by atoms with Crippen molar-refractivity contribution in [3.05, 3.63) is 48.6 Å². The second kappa shape index (κ2) is 7.85. The van der Waals surface area contributed by atoms with Crippen LogP contribution in [0.15, 0.2) is 43.0 Å². The third-order valence-electron chi connectivity index (χ3n) is 3.62. The monoisotopic (exact) mass is 276 g/mol. The van der Waals surface area contributed by atoms with E-state index in [4.69, 9.17) is 4.74 Å². The lowest BCUT2D eigenvalue weighted by Gasteiger charge is -2.27. The number of carboxylic acid groups (broad SMARTS) is 1. The van der Waals surface area contributed by atoms with Crippen LogP contribution >= 0.6 is 0 Å². The minimum Gasteiger partial charge on any atom is -0.481 e. The Balaban J connectivity index is 2.31. The smallest absolute Gasteiger partial charge is 0.307 e. The number of hydrogen-bond donors (Lipinski definition) is 1. The summed E-state index contributed by atoms with van der Waals surface area (Å²) in [6, 6.07) is 9.96. The Morgan fingerprint density at radius 3 is 2.60 bits per heavy atom. The summed E-state index contributed by atoms with van der Waals surface area (Å²) >= 11 is 0. The molecule has 1 atom stereocenters. The fourth-order valence-electron chi connectivity index (χ4n) is 2.11. The predicted octanol–water partition coefficient (Wildman–Crippen LogP) is 3.90. The highest BCUT2D eigenvalue weighted by molar-refractivity contribution is 5.71. The van der Waals surface area contributed by atoms with Gasteiger partial charge in [0.15, 0.2) is 0 Å². The molecule has 0 saturated heterocycles. The number of carboxylic acids is 1. The summed E-state index contributed by atoms with van der Waals surface area (Å²) in [5.74, 6) is -1.18. The van der Waals surface area contributed by atoms with Crippen molar-refractivity contribution in [2.45, 2.75) is 33.3 Å². The molecule has 0 aliphatic carbocycles. The van der Waals surface area contributed by atoms with Gasteiger partial charge in [-0.2, -0.15) is 0 Å². The van der Waals surface area contributed by atoms with Gasteiger partial charge in [0.2, 0.25) is 0 Å². The quantitative estimate of drug-likeness (QED) is 0.549. The van der Waals surface area contributed by atoms with Crippen LogP contribution in [-0.4, -0.2) is 17.7 Å². The molecular formula is C17H24O3. The lowest BCUT2D eigenvalue weighted by molar-refractivity contribution is -0.145. The first-order chi connectivity index (χ1) is 9.47. The average molecular weight is 276 g/mol. The number of hydrogen-bond acceptors (Lipinski definition) is 2. The first-order valence-electron chi connectivity index (χ1n) is 6.95. The summed E-state index contributed by atoms with van der Waals surface area (Å²) in [7, 11) is 0. The number of rotatable bonds is 9. The van der Waals surface area contributed by atoms with E-state index in [2.05, 4.69) is 6.58 Å². The molecular weight excluding hydrogens is 252 g/mol. The standard InChI is InChI=1S/C17H24O3/c1-4-17(2,3)15(16(18)19)11-8-12-20-13-14-9-6-5-7-10-14/h4-7,9-10,15H,1,8,11-13H2,2-3H3,(H,18,19)/t15-/m1/s1. The molecule has 0 fully saturated rings. The minimum atomic E-state index is -0.766. The van der Waals surface area contributed by atoms with Crippen molar-refractivity contribution in [3.63, 3.8) is 0 Å². The largest absolute Gasteiger partial charge is 0.481 e. The molecule has 0 heterocycles. The molecule has 1 N–H and O–H groups in total. The highest BCUT2D eigenvalue weighted by Crippen LogP contribution is 2.31. The number of allylic oxidation sites excluding steroid dienone is 1. The maximum absolute atomic E-state index is 11.3. The van der Waals surface area contributed by atoms with Gasteiger partial charge in [0.05, 0.1) is 12.5 Å². The van der Waals surface area contributed by atoms with Crippen molar-refractivity contribution in [3.8, 4) is 0 Å². The van der Waals surface area contributed by atoms with Crippen LogP contribution in [0.1, 0.15) is 32.3 Å². The highest BCUT2D eigenvalue weighted by atomic mass is 16.5. The molecule has 0 spiro atoms. The molecule has 3 nitrogen and oxygen atoms in total. The van der Waals surface area contributed by atoms with Crippen molar-refractivity contribution < 1.29 is 14.6 Å². The predicted molar refractivity (Wildman–Crippen MR) is 80.4 cm³/mol. The van der Waals surface area contributed by atoms with Crippen LogP contribution in [0.3, 0.4) is 0 Å². The van der Waals surface area contributed by atoms with Gasteiger partial charge in [-0.3, -0.25) is 4.79 Å². The van der Waals surface area contributed by atoms with Crippen molar-refractivity contribution in [2.75, 3.05) is 6.61 Å². The van der Waals surface area contributed by atoms with Gasteiger partial charge in [0.25, 0.3) is 0 Å². The van der Waals surface area contributed by atoms with E-state index in [1.807, 2.05) is 44.2 Å². The molecule has 0 aliphatic rings. The van der Waals surface area contributed by atoms with Crippen LogP contribution in [-0.2, 0) is 16.1 Å². The first-order valence-corrected chi connectivity index (χ1v) is 6.95. The van der Waals surface area contributed by atoms with Gasteiger partial charge in [-0.05, 0) is 23.8 Å². The highest BCUT2D eigenvalue weighted by Gasteiger charge is 2.31. The van der Waals surface area contributed by atoms with Crippen LogP contribution in [0.2, 0.25) is 0 Å². The molecule has 0 amide bonds. The van der Waals surface area contributed by atoms with E-state index < -0.39 is 17.3 Å². The van der Waals surface area contributed by atoms with Crippen LogP contribution in [0.5, 0.6) is 0 Å². The summed E-state index contributed by atoms with van der Waals surface area (Å²) in [6.45, 7) is 8.69. The van der Waals surface area contributed by atoms with E-state index in [0.717, 1.165) is 12.0 Å². The van der Waals surface area contributed by atoms with Crippen molar-refractivity contribution in [2.24, 2.45) is 11.3 Å². The zero-order valence-corrected chi connectivity index (χ0v) is 12.3. The summed E-state index contributed by atoms with van der Waals surface area (Å²) < 4.78 is 5.58. The number of aliphatic carboxylic acids is 1. The molecule has 0 bridgehead atoms. The van der Waals surface area contributed by atoms with Gasteiger partial charge >= 0.3 is 5.97 Å². The van der Waals surface area contributed by atoms with Gasteiger partial charge in [-0.15, -0.1) is 6.58 Å². The van der Waals surface area contributed by atoms with Crippen LogP contribution in [0, 0.1) is 11.3 Å². The Labute approximate surface area is 121 Å². The number of benzene rings is 1. The Morgan fingerprint density at radius 2 is 2.05 bits per heavy atom. The maximum Gasteiger partial charge on any atom is 0.307 e. The van der Waals surface area contributed by atoms with Crippen LogP contribution in [0.4, 0.5) is 0 Å². The van der Waals surface area contributed by atoms with Crippen molar-refractivity contribution in [1.82, 2.24) is 0 Å². The average Bonchev–Trinajstić information content (AvgIpc) is 2.43. The topological polar surface area (TPSA) is 46.5 Å². The molecule has 20 heavy (non-hydrogen) atoms. The van der Waals surface area contributed by atoms with Crippen molar-refractivity contribution >= 4 is 5.97 Å². The van der Waals surface area contributed by atoms with E-state index in [1.54, 1.807) is 6.08 Å². The first kappa shape index (κ1) is 16.4. The van der Waals surface area contributed by atoms with E-state index in [-0.39, 0.29) is 0 Å². The van der Waals surface area contributed by atoms with Crippen LogP contribution < -0.4 is 0 Å². The van der Waals surface area contributed by atoms with E-state index in [9.17, 15) is 9.90 Å². The second-order valence-corrected chi connectivity index (χ2v) is 5.60. The molecule has 0 unspecified atom stereocenters. The van der Waals surface area contributed by atoms with Crippen molar-refractivity contribution in [1.29, 1.82) is 0 Å². The number of ether oxygens (including phenoxy) is 1. The Morgan fingerprint density at radius 1 is 1.40 bits per heavy atom. The Kier molecular flexibility index (Phi) is 6.46. The minimum absolute atomic E-state index is 0.398. The lowest BCUT2D eigenvalue weighted by Crippen LogP contribution is -2.29. The molecule has 0 saturated carbocycles. The summed E-state index contributed by atoms with van der Waals surface area (Å²) in [5.41, 5.74) is 0.736. The lowest BCUT2D eigenvalue weighted by atomic mass is 9.76. The fourth-order valence-corrected chi connectivity index (χ4v) is 2.11. The van der Waals surface area contributed by atoms with Gasteiger partial charge in [0.1, 0.15) is 0 Å². The van der Waals surface area contributed by atoms with E-state index in [1.165, 1.54) is 0 Å². The zero-order valence-electron chi connectivity index (χ0n) is 12.3. The Hall–Kier alpha value is -1.61.